The second-order valence-corrected chi connectivity index (χ2v) is 2.71. The Morgan fingerprint density at radius 1 is 1.33 bits per heavy atom. The number of nitrogens with zero attached hydrogens (tertiary/aromatic N) is 2. The summed E-state index contributed by atoms with van der Waals surface area (Å²) < 4.78 is 0. The molecule has 0 aliphatic heterocycles. The fourth-order valence-electron chi connectivity index (χ4n) is 1.18. The van der Waals surface area contributed by atoms with E-state index >= 15 is 0 Å². The maximum Gasteiger partial charge on any atom is 0.142 e. The van der Waals surface area contributed by atoms with E-state index in [9.17, 15) is 5.11 Å². The van der Waals surface area contributed by atoms with Crippen LogP contribution in [0.2, 0.25) is 0 Å². The number of nitrogens with two attached hydrogens (primary N) is 1. The predicted molar refractivity (Wildman–Crippen MR) is 60.4 cm³/mol. The molecular weight excluding hydrogens is 190 g/mol. The Labute approximate surface area is 88.8 Å². The van der Waals surface area contributed by atoms with Gasteiger partial charge >= 0.3 is 0 Å². The highest BCUT2D eigenvalue weighted by Gasteiger charge is 2.01. The summed E-state index contributed by atoms with van der Waals surface area (Å²) in [6.07, 6.45) is 1.66. The molecular formula is C11H15N3O. The van der Waals surface area contributed by atoms with E-state index in [1.54, 1.807) is 18.3 Å². The minimum absolute atomic E-state index is 0.162. The van der Waals surface area contributed by atoms with Crippen LogP contribution in [0, 0.1) is 0 Å². The third-order valence-electron chi connectivity index (χ3n) is 1.82. The molecule has 0 radical (unpaired) electrons. The zero-order valence-corrected chi connectivity index (χ0v) is 8.94. The second kappa shape index (κ2) is 5.26. The lowest BCUT2D eigenvalue weighted by Gasteiger charge is -2.00. The average Bonchev–Trinajstić information content (AvgIpc) is 2.32. The Balaban J connectivity index is 0.000000531. The Kier molecular flexibility index (Phi) is 4.00. The van der Waals surface area contributed by atoms with Crippen molar-refractivity contribution in [2.24, 2.45) is 5.73 Å². The van der Waals surface area contributed by atoms with E-state index in [2.05, 4.69) is 9.97 Å². The number of hydrogen-bond acceptors (Lipinski definition) is 4. The molecule has 15 heavy (non-hydrogen) atoms. The van der Waals surface area contributed by atoms with Crippen molar-refractivity contribution in [2.45, 2.75) is 20.4 Å². The third-order valence-corrected chi connectivity index (χ3v) is 1.82. The fraction of sp³-hybridized carbons (Fsp3) is 0.273. The van der Waals surface area contributed by atoms with Crippen molar-refractivity contribution in [3.8, 4) is 5.75 Å². The molecule has 0 atom stereocenters. The molecule has 0 saturated carbocycles. The van der Waals surface area contributed by atoms with Crippen LogP contribution in [0.4, 0.5) is 0 Å². The minimum Gasteiger partial charge on any atom is -0.506 e. The molecule has 2 aromatic rings. The van der Waals surface area contributed by atoms with E-state index in [0.29, 0.717) is 11.3 Å². The van der Waals surface area contributed by atoms with Gasteiger partial charge in [-0.25, -0.2) is 9.97 Å². The molecule has 0 aliphatic rings. The number of benzene rings is 1. The quantitative estimate of drug-likeness (QED) is 0.744. The molecule has 4 heteroatoms. The van der Waals surface area contributed by atoms with E-state index < -0.39 is 0 Å². The average molecular weight is 205 g/mol. The first-order chi connectivity index (χ1) is 7.31. The molecule has 2 rings (SSSR count). The Morgan fingerprint density at radius 3 is 2.73 bits per heavy atom. The number of aromatic hydroxyl groups is 1. The molecule has 1 aromatic heterocycles. The minimum atomic E-state index is 0.162. The summed E-state index contributed by atoms with van der Waals surface area (Å²) in [6, 6.07) is 5.19. The second-order valence-electron chi connectivity index (χ2n) is 2.71. The number of para-hydroxylation sites is 1. The molecule has 80 valence electrons. The fourth-order valence-corrected chi connectivity index (χ4v) is 1.18. The Bertz CT molecular complexity index is 443. The van der Waals surface area contributed by atoms with Crippen molar-refractivity contribution < 1.29 is 5.11 Å². The first-order valence-corrected chi connectivity index (χ1v) is 4.95. The van der Waals surface area contributed by atoms with Gasteiger partial charge in [0.2, 0.25) is 0 Å². The van der Waals surface area contributed by atoms with E-state index in [0.717, 1.165) is 5.39 Å². The van der Waals surface area contributed by atoms with Crippen molar-refractivity contribution in [2.75, 3.05) is 0 Å². The normalized spacial score (nSPS) is 9.53. The summed E-state index contributed by atoms with van der Waals surface area (Å²) in [6.45, 7) is 4.28. The van der Waals surface area contributed by atoms with E-state index in [1.807, 2.05) is 19.9 Å². The first kappa shape index (κ1) is 11.4. The van der Waals surface area contributed by atoms with Crippen LogP contribution in [0.1, 0.15) is 19.7 Å². The highest BCUT2D eigenvalue weighted by Crippen LogP contribution is 2.20. The molecule has 0 aliphatic carbocycles. The Morgan fingerprint density at radius 2 is 2.07 bits per heavy atom. The highest BCUT2D eigenvalue weighted by atomic mass is 16.3. The number of phenols is 1. The summed E-state index contributed by atoms with van der Waals surface area (Å²) in [5.74, 6) is 0.698. The molecule has 0 bridgehead atoms. The lowest BCUT2D eigenvalue weighted by atomic mass is 10.2. The Hall–Kier alpha value is -1.68. The van der Waals surface area contributed by atoms with Crippen LogP contribution in [0.25, 0.3) is 10.9 Å². The van der Waals surface area contributed by atoms with Gasteiger partial charge < -0.3 is 10.8 Å². The van der Waals surface area contributed by atoms with Crippen molar-refractivity contribution >= 4 is 10.9 Å². The van der Waals surface area contributed by atoms with Crippen LogP contribution in [0.5, 0.6) is 5.75 Å². The molecule has 1 aromatic carbocycles. The lowest BCUT2D eigenvalue weighted by molar-refractivity contribution is 0.480. The van der Waals surface area contributed by atoms with Crippen molar-refractivity contribution in [1.29, 1.82) is 0 Å². The number of hydrogen-bond donors (Lipinski definition) is 2. The number of aromatic nitrogens is 2. The molecule has 0 spiro atoms. The topological polar surface area (TPSA) is 72.0 Å². The van der Waals surface area contributed by atoms with E-state index in [-0.39, 0.29) is 12.3 Å². The smallest absolute Gasteiger partial charge is 0.142 e. The maximum absolute atomic E-state index is 9.46. The van der Waals surface area contributed by atoms with Gasteiger partial charge in [0.15, 0.2) is 0 Å². The first-order valence-electron chi connectivity index (χ1n) is 4.95. The van der Waals surface area contributed by atoms with Crippen molar-refractivity contribution in [3.63, 3.8) is 0 Å². The van der Waals surface area contributed by atoms with Gasteiger partial charge in [-0.2, -0.15) is 0 Å². The van der Waals surface area contributed by atoms with Crippen LogP contribution in [0.15, 0.2) is 24.4 Å². The molecule has 0 unspecified atom stereocenters. The summed E-state index contributed by atoms with van der Waals surface area (Å²) in [5, 5.41) is 10.3. The number of rotatable bonds is 1. The SMILES string of the molecule is CC.NCc1ncc2cccc(O)c2n1. The zero-order chi connectivity index (χ0) is 11.3. The van der Waals surface area contributed by atoms with Gasteiger partial charge in [-0.15, -0.1) is 0 Å². The maximum atomic E-state index is 9.46. The summed E-state index contributed by atoms with van der Waals surface area (Å²) in [5.41, 5.74) is 5.94. The molecule has 0 amide bonds. The van der Waals surface area contributed by atoms with Gasteiger partial charge in [0, 0.05) is 11.6 Å². The summed E-state index contributed by atoms with van der Waals surface area (Å²) >= 11 is 0. The summed E-state index contributed by atoms with van der Waals surface area (Å²) in [7, 11) is 0. The van der Waals surface area contributed by atoms with Gasteiger partial charge in [-0.05, 0) is 6.07 Å². The number of fused-ring (bicyclic) bond motifs is 1. The highest BCUT2D eigenvalue weighted by molar-refractivity contribution is 5.83. The van der Waals surface area contributed by atoms with E-state index in [4.69, 9.17) is 5.73 Å². The van der Waals surface area contributed by atoms with Gasteiger partial charge in [-0.1, -0.05) is 26.0 Å². The van der Waals surface area contributed by atoms with E-state index in [1.165, 1.54) is 0 Å². The molecule has 1 heterocycles. The van der Waals surface area contributed by atoms with Gasteiger partial charge in [0.05, 0.1) is 6.54 Å². The van der Waals surface area contributed by atoms with Crippen LogP contribution < -0.4 is 5.73 Å². The van der Waals surface area contributed by atoms with Crippen molar-refractivity contribution in [3.05, 3.63) is 30.2 Å². The molecule has 3 N–H and O–H groups in total. The van der Waals surface area contributed by atoms with Crippen molar-refractivity contribution in [1.82, 2.24) is 9.97 Å². The molecule has 0 fully saturated rings. The van der Waals surface area contributed by atoms with Crippen LogP contribution in [-0.2, 0) is 6.54 Å². The van der Waals surface area contributed by atoms with Crippen LogP contribution in [0.3, 0.4) is 0 Å². The predicted octanol–water partition coefficient (Wildman–Crippen LogP) is 1.82. The van der Waals surface area contributed by atoms with Crippen LogP contribution in [-0.4, -0.2) is 15.1 Å². The number of phenolic OH excluding ortho intramolecular Hbond substituents is 1. The van der Waals surface area contributed by atoms with Gasteiger partial charge in [-0.3, -0.25) is 0 Å². The summed E-state index contributed by atoms with van der Waals surface area (Å²) in [4.78, 5) is 8.13. The monoisotopic (exact) mass is 205 g/mol. The van der Waals surface area contributed by atoms with Gasteiger partial charge in [0.1, 0.15) is 17.1 Å². The standard InChI is InChI=1S/C9H9N3O.C2H6/c10-4-8-11-5-6-2-1-3-7(13)9(6)12-8;1-2/h1-3,5,13H,4,10H2;1-2H3. The lowest BCUT2D eigenvalue weighted by Crippen LogP contribution is -2.02. The molecule has 4 nitrogen and oxygen atoms in total. The van der Waals surface area contributed by atoms with Gasteiger partial charge in [0.25, 0.3) is 0 Å². The third kappa shape index (κ3) is 2.41. The molecule has 0 saturated heterocycles. The zero-order valence-electron chi connectivity index (χ0n) is 8.94. The van der Waals surface area contributed by atoms with Crippen LogP contribution >= 0.6 is 0 Å². The largest absolute Gasteiger partial charge is 0.506 e.